The van der Waals surface area contributed by atoms with Crippen LogP contribution in [0.2, 0.25) is 0 Å². The van der Waals surface area contributed by atoms with Crippen LogP contribution in [0.1, 0.15) is 5.69 Å². The van der Waals surface area contributed by atoms with Crippen LogP contribution in [0.3, 0.4) is 0 Å². The summed E-state index contributed by atoms with van der Waals surface area (Å²) in [5.41, 5.74) is 0.809. The maximum Gasteiger partial charge on any atom is 0.0928 e. The van der Waals surface area contributed by atoms with Gasteiger partial charge in [0.25, 0.3) is 0 Å². The Morgan fingerprint density at radius 3 is 3.27 bits per heavy atom. The zero-order chi connectivity index (χ0) is 10.7. The van der Waals surface area contributed by atoms with Crippen molar-refractivity contribution in [1.82, 2.24) is 15.0 Å². The molecule has 15 heavy (non-hydrogen) atoms. The maximum atomic E-state index is 9.92. The van der Waals surface area contributed by atoms with E-state index in [1.54, 1.807) is 4.68 Å². The molecule has 0 saturated carbocycles. The molecule has 2 atom stereocenters. The summed E-state index contributed by atoms with van der Waals surface area (Å²) in [4.78, 5) is 0. The molecule has 0 aliphatic carbocycles. The number of aromatic nitrogens is 3. The van der Waals surface area contributed by atoms with Gasteiger partial charge < -0.3 is 9.84 Å². The lowest BCUT2D eigenvalue weighted by Gasteiger charge is -2.26. The van der Waals surface area contributed by atoms with Gasteiger partial charge in [0.2, 0.25) is 0 Å². The first-order chi connectivity index (χ1) is 7.25. The van der Waals surface area contributed by atoms with E-state index in [2.05, 4.69) is 10.3 Å². The Morgan fingerprint density at radius 2 is 2.67 bits per heavy atom. The highest BCUT2D eigenvalue weighted by Gasteiger charge is 2.23. The molecule has 2 rings (SSSR count). The molecule has 0 bridgehead atoms. The molecule has 1 aromatic heterocycles. The largest absolute Gasteiger partial charge is 0.390 e. The van der Waals surface area contributed by atoms with Gasteiger partial charge in [-0.1, -0.05) is 5.21 Å². The van der Waals surface area contributed by atoms with Crippen molar-refractivity contribution in [3.05, 3.63) is 11.9 Å². The van der Waals surface area contributed by atoms with E-state index in [-0.39, 0.29) is 6.10 Å². The highest BCUT2D eigenvalue weighted by atomic mass is 32.2. The zero-order valence-corrected chi connectivity index (χ0v) is 9.48. The van der Waals surface area contributed by atoms with Crippen molar-refractivity contribution >= 4 is 11.8 Å². The molecule has 1 aliphatic heterocycles. The highest BCUT2D eigenvalue weighted by molar-refractivity contribution is 7.99. The summed E-state index contributed by atoms with van der Waals surface area (Å²) in [6.45, 7) is 0.729. The highest BCUT2D eigenvalue weighted by Crippen LogP contribution is 2.17. The van der Waals surface area contributed by atoms with Crippen molar-refractivity contribution in [3.63, 3.8) is 0 Å². The van der Waals surface area contributed by atoms with Crippen LogP contribution in [-0.2, 0) is 18.2 Å². The van der Waals surface area contributed by atoms with E-state index in [1.807, 2.05) is 25.0 Å². The van der Waals surface area contributed by atoms with Crippen LogP contribution in [-0.4, -0.2) is 50.4 Å². The number of rotatable bonds is 3. The second kappa shape index (κ2) is 4.96. The quantitative estimate of drug-likeness (QED) is 0.781. The summed E-state index contributed by atoms with van der Waals surface area (Å²) in [5, 5.41) is 17.7. The molecule has 0 aromatic carbocycles. The number of ether oxygens (including phenoxy) is 1. The Kier molecular flexibility index (Phi) is 3.61. The minimum absolute atomic E-state index is 0.0641. The number of nitrogens with zero attached hydrogens (tertiary/aromatic N) is 3. The average molecular weight is 229 g/mol. The first-order valence-electron chi connectivity index (χ1n) is 4.98. The zero-order valence-electron chi connectivity index (χ0n) is 8.67. The average Bonchev–Trinajstić information content (AvgIpc) is 2.65. The number of aliphatic hydroxyl groups is 1. The topological polar surface area (TPSA) is 60.2 Å². The summed E-state index contributed by atoms with van der Waals surface area (Å²) in [6, 6.07) is 0. The predicted octanol–water partition coefficient (Wildman–Crippen LogP) is -0.150. The lowest BCUT2D eigenvalue weighted by atomic mass is 10.1. The smallest absolute Gasteiger partial charge is 0.0928 e. The van der Waals surface area contributed by atoms with Crippen LogP contribution in [0.15, 0.2) is 6.20 Å². The molecule has 0 amide bonds. The van der Waals surface area contributed by atoms with Crippen molar-refractivity contribution in [2.45, 2.75) is 18.6 Å². The van der Waals surface area contributed by atoms with Gasteiger partial charge in [-0.3, -0.25) is 4.68 Å². The van der Waals surface area contributed by atoms with Gasteiger partial charge in [0.1, 0.15) is 0 Å². The van der Waals surface area contributed by atoms with Gasteiger partial charge in [-0.2, -0.15) is 11.8 Å². The van der Waals surface area contributed by atoms with E-state index in [4.69, 9.17) is 4.74 Å². The van der Waals surface area contributed by atoms with E-state index < -0.39 is 6.10 Å². The summed E-state index contributed by atoms with van der Waals surface area (Å²) >= 11 is 1.82. The molecule has 2 heterocycles. The van der Waals surface area contributed by atoms with Crippen LogP contribution in [0.5, 0.6) is 0 Å². The van der Waals surface area contributed by atoms with Gasteiger partial charge in [0.15, 0.2) is 0 Å². The monoisotopic (exact) mass is 229 g/mol. The van der Waals surface area contributed by atoms with Crippen LogP contribution >= 0.6 is 11.8 Å². The molecule has 1 aliphatic rings. The summed E-state index contributed by atoms with van der Waals surface area (Å²) < 4.78 is 7.13. The third kappa shape index (κ3) is 2.93. The van der Waals surface area contributed by atoms with E-state index in [0.29, 0.717) is 6.42 Å². The number of hydrogen-bond acceptors (Lipinski definition) is 5. The van der Waals surface area contributed by atoms with Gasteiger partial charge >= 0.3 is 0 Å². The number of aliphatic hydroxyl groups excluding tert-OH is 1. The molecule has 84 valence electrons. The van der Waals surface area contributed by atoms with Gasteiger partial charge in [-0.15, -0.1) is 5.10 Å². The van der Waals surface area contributed by atoms with Crippen molar-refractivity contribution in [3.8, 4) is 0 Å². The second-order valence-electron chi connectivity index (χ2n) is 3.64. The first-order valence-corrected chi connectivity index (χ1v) is 6.14. The van der Waals surface area contributed by atoms with Crippen molar-refractivity contribution in [1.29, 1.82) is 0 Å². The van der Waals surface area contributed by atoms with E-state index in [0.717, 1.165) is 23.8 Å². The lowest BCUT2D eigenvalue weighted by molar-refractivity contribution is -0.0211. The van der Waals surface area contributed by atoms with Gasteiger partial charge in [0.05, 0.1) is 24.5 Å². The van der Waals surface area contributed by atoms with Gasteiger partial charge in [0, 0.05) is 31.2 Å². The fraction of sp³-hybridized carbons (Fsp3) is 0.778. The Hall–Kier alpha value is -0.590. The fourth-order valence-electron chi connectivity index (χ4n) is 1.56. The molecule has 1 saturated heterocycles. The summed E-state index contributed by atoms with van der Waals surface area (Å²) in [7, 11) is 1.82. The Balaban J connectivity index is 1.88. The second-order valence-corrected chi connectivity index (χ2v) is 4.79. The van der Waals surface area contributed by atoms with Crippen molar-refractivity contribution in [2.24, 2.45) is 7.05 Å². The molecular weight excluding hydrogens is 214 g/mol. The van der Waals surface area contributed by atoms with Gasteiger partial charge in [-0.25, -0.2) is 0 Å². The molecule has 5 nitrogen and oxygen atoms in total. The minimum Gasteiger partial charge on any atom is -0.390 e. The van der Waals surface area contributed by atoms with Crippen LogP contribution in [0.4, 0.5) is 0 Å². The Labute approximate surface area is 92.8 Å². The lowest BCUT2D eigenvalue weighted by Crippen LogP contribution is -2.36. The molecule has 0 spiro atoms. The molecule has 1 aromatic rings. The molecule has 6 heteroatoms. The Morgan fingerprint density at radius 1 is 1.80 bits per heavy atom. The SMILES string of the molecule is Cn1cc(CC(O)C2CSCCO2)nn1. The molecule has 1 fully saturated rings. The normalized spacial score (nSPS) is 24.0. The first kappa shape index (κ1) is 10.9. The minimum atomic E-state index is -0.477. The fourth-order valence-corrected chi connectivity index (χ4v) is 2.49. The van der Waals surface area contributed by atoms with Crippen LogP contribution in [0.25, 0.3) is 0 Å². The standard InChI is InChI=1S/C9H15N3O2S/c1-12-5-7(10-11-12)4-8(13)9-6-15-3-2-14-9/h5,8-9,13H,2-4,6H2,1H3. The third-order valence-electron chi connectivity index (χ3n) is 2.34. The number of hydrogen-bond donors (Lipinski definition) is 1. The molecule has 2 unspecified atom stereocenters. The summed E-state index contributed by atoms with van der Waals surface area (Å²) in [6.07, 6.45) is 1.79. The van der Waals surface area contributed by atoms with Crippen molar-refractivity contribution < 1.29 is 9.84 Å². The summed E-state index contributed by atoms with van der Waals surface area (Å²) in [5.74, 6) is 1.88. The van der Waals surface area contributed by atoms with E-state index in [1.165, 1.54) is 0 Å². The number of aryl methyl sites for hydroxylation is 1. The number of thioether (sulfide) groups is 1. The van der Waals surface area contributed by atoms with E-state index >= 15 is 0 Å². The molecular formula is C9H15N3O2S. The van der Waals surface area contributed by atoms with Crippen LogP contribution in [0, 0.1) is 0 Å². The third-order valence-corrected chi connectivity index (χ3v) is 3.36. The van der Waals surface area contributed by atoms with E-state index in [9.17, 15) is 5.11 Å². The maximum absolute atomic E-state index is 9.92. The Bertz CT molecular complexity index is 312. The predicted molar refractivity (Wildman–Crippen MR) is 57.8 cm³/mol. The van der Waals surface area contributed by atoms with Crippen molar-refractivity contribution in [2.75, 3.05) is 18.1 Å². The van der Waals surface area contributed by atoms with Crippen LogP contribution < -0.4 is 0 Å². The molecule has 0 radical (unpaired) electrons. The van der Waals surface area contributed by atoms with Gasteiger partial charge in [-0.05, 0) is 0 Å². The molecule has 1 N–H and O–H groups in total.